The van der Waals surface area contributed by atoms with Crippen LogP contribution in [0.4, 0.5) is 0 Å². The Morgan fingerprint density at radius 2 is 1.34 bits per heavy atom. The number of benzene rings is 3. The third-order valence-corrected chi connectivity index (χ3v) is 8.19. The predicted octanol–water partition coefficient (Wildman–Crippen LogP) is 6.57. The van der Waals surface area contributed by atoms with Crippen LogP contribution < -0.4 is 9.61 Å². The summed E-state index contributed by atoms with van der Waals surface area (Å²) in [6, 6.07) is 38.7. The molecule has 1 radical (unpaired) electrons. The van der Waals surface area contributed by atoms with Crippen LogP contribution in [0.15, 0.2) is 109 Å². The van der Waals surface area contributed by atoms with Gasteiger partial charge in [0.2, 0.25) is 0 Å². The molecule has 6 rings (SSSR count). The van der Waals surface area contributed by atoms with Gasteiger partial charge in [-0.25, -0.2) is 0 Å². The van der Waals surface area contributed by atoms with E-state index in [1.165, 1.54) is 10.8 Å². The van der Waals surface area contributed by atoms with Crippen molar-refractivity contribution in [3.05, 3.63) is 122 Å². The molecule has 0 spiro atoms. The van der Waals surface area contributed by atoms with Crippen molar-refractivity contribution in [3.8, 4) is 39.4 Å². The average Bonchev–Trinajstić information content (AvgIpc) is 2.90. The summed E-state index contributed by atoms with van der Waals surface area (Å²) in [6.07, 6.45) is 3.60. The minimum Gasteiger partial charge on any atom is -0.583 e. The van der Waals surface area contributed by atoms with E-state index in [9.17, 15) is 0 Å². The van der Waals surface area contributed by atoms with Crippen LogP contribution in [0.5, 0.6) is 5.75 Å². The first kappa shape index (κ1) is 24.7. The maximum atomic E-state index is 6.50. The fraction of sp³-hybridized carbons (Fsp3) is 0.0667. The largest absolute Gasteiger partial charge is 0.583 e. The molecule has 0 atom stereocenters. The summed E-state index contributed by atoms with van der Waals surface area (Å²) in [5, 5.41) is 1.35. The average molecular weight is 649 g/mol. The zero-order chi connectivity index (χ0) is 23.4. The molecule has 0 N–H and O–H groups in total. The Hall–Kier alpha value is -3.37. The molecular formula is C30H24IrN2OSi-2. The maximum absolute atomic E-state index is 6.50. The fourth-order valence-electron chi connectivity index (χ4n) is 4.13. The Balaban J connectivity index is 0.000000189. The van der Waals surface area contributed by atoms with Crippen molar-refractivity contribution in [1.29, 1.82) is 0 Å². The number of fused-ring (bicyclic) bond motifs is 3. The van der Waals surface area contributed by atoms with Crippen molar-refractivity contribution in [3.63, 3.8) is 0 Å². The maximum Gasteiger partial charge on any atom is 0.264 e. The van der Waals surface area contributed by atoms with E-state index in [1.807, 2.05) is 72.9 Å². The van der Waals surface area contributed by atoms with Gasteiger partial charge in [-0.1, -0.05) is 59.7 Å². The molecule has 0 saturated heterocycles. The molecule has 0 amide bonds. The summed E-state index contributed by atoms with van der Waals surface area (Å²) in [4.78, 5) is 8.68. The summed E-state index contributed by atoms with van der Waals surface area (Å²) in [6.45, 7) is 4.48. The van der Waals surface area contributed by atoms with Crippen LogP contribution in [0.1, 0.15) is 0 Å². The van der Waals surface area contributed by atoms with E-state index in [-0.39, 0.29) is 20.1 Å². The van der Waals surface area contributed by atoms with Crippen LogP contribution >= 0.6 is 0 Å². The molecule has 175 valence electrons. The molecular weight excluding hydrogens is 625 g/mol. The summed E-state index contributed by atoms with van der Waals surface area (Å²) in [7, 11) is -1.97. The molecule has 0 unspecified atom stereocenters. The van der Waals surface area contributed by atoms with Crippen LogP contribution in [0.3, 0.4) is 0 Å². The first-order valence-electron chi connectivity index (χ1n) is 11.3. The smallest absolute Gasteiger partial charge is 0.264 e. The Labute approximate surface area is 221 Å². The number of rotatable bonds is 2. The third-order valence-electron chi connectivity index (χ3n) is 5.74. The zero-order valence-corrected chi connectivity index (χ0v) is 22.9. The Morgan fingerprint density at radius 1 is 0.657 bits per heavy atom. The van der Waals surface area contributed by atoms with Crippen molar-refractivity contribution in [1.82, 2.24) is 9.97 Å². The van der Waals surface area contributed by atoms with Gasteiger partial charge < -0.3 is 14.4 Å². The molecule has 1 aliphatic heterocycles. The van der Waals surface area contributed by atoms with Crippen LogP contribution in [0, 0.1) is 12.1 Å². The fourth-order valence-corrected chi connectivity index (χ4v) is 6.33. The van der Waals surface area contributed by atoms with Crippen LogP contribution in [-0.4, -0.2) is 18.3 Å². The molecule has 2 aromatic heterocycles. The van der Waals surface area contributed by atoms with Crippen molar-refractivity contribution < 1.29 is 24.5 Å². The first-order chi connectivity index (χ1) is 16.6. The van der Waals surface area contributed by atoms with E-state index in [2.05, 4.69) is 65.5 Å². The molecule has 35 heavy (non-hydrogen) atoms. The predicted molar refractivity (Wildman–Crippen MR) is 140 cm³/mol. The number of hydrogen-bond acceptors (Lipinski definition) is 3. The number of pyridine rings is 2. The molecule has 3 heterocycles. The molecule has 0 saturated carbocycles. The topological polar surface area (TPSA) is 35.0 Å². The second-order valence-corrected chi connectivity index (χ2v) is 12.2. The van der Waals surface area contributed by atoms with Gasteiger partial charge in [0.05, 0.1) is 0 Å². The molecule has 0 bridgehead atoms. The van der Waals surface area contributed by atoms with Crippen LogP contribution in [-0.2, 0) is 20.1 Å². The normalized spacial score (nSPS) is 12.5. The number of aromatic nitrogens is 2. The second-order valence-electron chi connectivity index (χ2n) is 8.46. The Morgan fingerprint density at radius 3 is 2.03 bits per heavy atom. The minimum atomic E-state index is -1.97. The van der Waals surface area contributed by atoms with Gasteiger partial charge in [-0.3, -0.25) is 0 Å². The standard InChI is InChI=1S/C19H16NOSi.C11H8N.Ir/c1-22(2)18-12-4-3-8-14(18)15-9-7-10-16(19(15)21-22)17-11-5-6-13-20-17;1-2-6-10(7-3-1)11-8-4-5-9-12-11;/h3-9,11-13H,1-2H3;1-6,8-9H;/q2*-1;. The first-order valence-corrected chi connectivity index (χ1v) is 14.2. The van der Waals surface area contributed by atoms with Gasteiger partial charge in [-0.15, -0.1) is 54.1 Å². The van der Waals surface area contributed by atoms with Gasteiger partial charge in [-0.2, -0.15) is 0 Å². The van der Waals surface area contributed by atoms with Crippen molar-refractivity contribution >= 4 is 13.5 Å². The number of hydrogen-bond donors (Lipinski definition) is 0. The third kappa shape index (κ3) is 5.33. The van der Waals surface area contributed by atoms with Crippen LogP contribution in [0.2, 0.25) is 13.1 Å². The van der Waals surface area contributed by atoms with Gasteiger partial charge in [0.25, 0.3) is 8.32 Å². The molecule has 1 aliphatic rings. The molecule has 5 heteroatoms. The van der Waals surface area contributed by atoms with E-state index in [4.69, 9.17) is 4.43 Å². The van der Waals surface area contributed by atoms with Crippen molar-refractivity contribution in [2.45, 2.75) is 13.1 Å². The molecule has 5 aromatic rings. The molecule has 3 nitrogen and oxygen atoms in total. The SMILES string of the molecule is C[Si]1(C)Oc2c(-c3ccccn3)[c-]ccc2-c2ccccc21.[Ir].[c-]1ccccc1-c1ccccn1. The quantitative estimate of drug-likeness (QED) is 0.161. The summed E-state index contributed by atoms with van der Waals surface area (Å²) < 4.78 is 6.50. The van der Waals surface area contributed by atoms with E-state index >= 15 is 0 Å². The zero-order valence-electron chi connectivity index (χ0n) is 19.5. The van der Waals surface area contributed by atoms with Gasteiger partial charge in [0.1, 0.15) is 0 Å². The van der Waals surface area contributed by atoms with Crippen molar-refractivity contribution in [2.24, 2.45) is 0 Å². The Bertz CT molecular complexity index is 1340. The molecule has 3 aromatic carbocycles. The van der Waals surface area contributed by atoms with E-state index in [0.29, 0.717) is 0 Å². The summed E-state index contributed by atoms with van der Waals surface area (Å²) in [5.41, 5.74) is 6.29. The summed E-state index contributed by atoms with van der Waals surface area (Å²) >= 11 is 0. The van der Waals surface area contributed by atoms with E-state index < -0.39 is 8.32 Å². The Kier molecular flexibility index (Phi) is 7.72. The summed E-state index contributed by atoms with van der Waals surface area (Å²) in [5.74, 6) is 0.927. The van der Waals surface area contributed by atoms with Gasteiger partial charge in [0.15, 0.2) is 0 Å². The molecule has 0 fully saturated rings. The minimum absolute atomic E-state index is 0. The van der Waals surface area contributed by atoms with Crippen LogP contribution in [0.25, 0.3) is 33.6 Å². The number of nitrogens with zero attached hydrogens (tertiary/aromatic N) is 2. The van der Waals surface area contributed by atoms with Gasteiger partial charge >= 0.3 is 0 Å². The van der Waals surface area contributed by atoms with E-state index in [1.54, 1.807) is 6.20 Å². The van der Waals surface area contributed by atoms with Gasteiger partial charge in [-0.05, 0) is 47.4 Å². The van der Waals surface area contributed by atoms with Gasteiger partial charge in [0, 0.05) is 38.2 Å². The molecule has 0 aliphatic carbocycles. The second kappa shape index (κ2) is 10.9. The van der Waals surface area contributed by atoms with Crippen molar-refractivity contribution in [2.75, 3.05) is 0 Å². The van der Waals surface area contributed by atoms with E-state index in [0.717, 1.165) is 33.8 Å². The monoisotopic (exact) mass is 649 g/mol.